The summed E-state index contributed by atoms with van der Waals surface area (Å²) in [4.78, 5) is 50.4. The third-order valence-corrected chi connectivity index (χ3v) is 8.88. The third kappa shape index (κ3) is 6.67. The zero-order valence-corrected chi connectivity index (χ0v) is 26.5. The number of aromatic amines is 1. The Morgan fingerprint density at radius 2 is 1.74 bits per heavy atom. The lowest BCUT2D eigenvalue weighted by Gasteiger charge is -2.33. The second-order valence-electron chi connectivity index (χ2n) is 13.0. The molecule has 0 saturated carbocycles. The maximum absolute atomic E-state index is 14.1. The number of imidazole rings is 1. The molecule has 2 aromatic heterocycles. The first-order chi connectivity index (χ1) is 22.1. The highest BCUT2D eigenvalue weighted by Crippen LogP contribution is 2.28. The lowest BCUT2D eigenvalue weighted by molar-refractivity contribution is -0.135. The average molecular weight is 620 g/mol. The van der Waals surface area contributed by atoms with Crippen molar-refractivity contribution in [1.82, 2.24) is 24.8 Å². The number of nitrogens with one attached hydrogen (secondary N) is 3. The smallest absolute Gasteiger partial charge is 0.250 e. The highest BCUT2D eigenvalue weighted by Gasteiger charge is 2.32. The zero-order valence-electron chi connectivity index (χ0n) is 26.5. The van der Waals surface area contributed by atoms with E-state index in [0.29, 0.717) is 19.0 Å². The summed E-state index contributed by atoms with van der Waals surface area (Å²) in [5, 5.41) is 8.81. The molecule has 0 bridgehead atoms. The number of benzene rings is 3. The summed E-state index contributed by atoms with van der Waals surface area (Å²) in [5.74, 6) is -0.0310. The average Bonchev–Trinajstić information content (AvgIpc) is 3.67. The van der Waals surface area contributed by atoms with E-state index in [1.807, 2.05) is 77.8 Å². The van der Waals surface area contributed by atoms with Gasteiger partial charge in [-0.2, -0.15) is 0 Å². The van der Waals surface area contributed by atoms with E-state index in [-0.39, 0.29) is 18.1 Å². The third-order valence-electron chi connectivity index (χ3n) is 8.88. The van der Waals surface area contributed by atoms with Crippen molar-refractivity contribution in [2.24, 2.45) is 11.7 Å². The van der Waals surface area contributed by atoms with Crippen LogP contribution in [-0.4, -0.2) is 61.8 Å². The minimum atomic E-state index is -1.18. The molecule has 1 aliphatic heterocycles. The number of anilines is 1. The predicted molar refractivity (Wildman–Crippen MR) is 180 cm³/mol. The number of aromatic nitrogens is 3. The first-order valence-electron chi connectivity index (χ1n) is 15.8. The maximum Gasteiger partial charge on any atom is 0.250 e. The lowest BCUT2D eigenvalue weighted by atomic mass is 9.96. The Labute approximate surface area is 268 Å². The molecule has 3 aromatic carbocycles. The number of likely N-dealkylation sites (tertiary alicyclic amines) is 1. The van der Waals surface area contributed by atoms with Crippen molar-refractivity contribution in [1.29, 1.82) is 0 Å². The first kappa shape index (κ1) is 31.0. The van der Waals surface area contributed by atoms with Crippen molar-refractivity contribution >= 4 is 45.2 Å². The van der Waals surface area contributed by atoms with Gasteiger partial charge in [0.05, 0.1) is 11.9 Å². The summed E-state index contributed by atoms with van der Waals surface area (Å²) in [7, 11) is 0. The number of rotatable bonds is 9. The molecule has 5 N–H and O–H groups in total. The molecule has 10 heteroatoms. The standard InChI is InChI=1S/C36H41N7O3/c1-23-14-16-42(17-15-23)34(45)32(26-13-12-24-8-4-5-9-25(24)18-26)43-21-31(39-22-43)41-33(44)30(40-35(46)36(2,3)37)19-27-20-38-29-11-7-6-10-28(27)29/h4-13,18,20-23,30,32,38H,14-17,19,37H2,1-3H3,(H,40,46)(H,41,44). The molecule has 5 aromatic rings. The molecule has 2 atom stereocenters. The Morgan fingerprint density at radius 3 is 2.50 bits per heavy atom. The first-order valence-corrected chi connectivity index (χ1v) is 15.8. The van der Waals surface area contributed by atoms with E-state index in [4.69, 9.17) is 5.73 Å². The Morgan fingerprint density at radius 1 is 1.02 bits per heavy atom. The van der Waals surface area contributed by atoms with Crippen LogP contribution in [0.3, 0.4) is 0 Å². The van der Waals surface area contributed by atoms with Gasteiger partial charge in [0, 0.05) is 42.8 Å². The summed E-state index contributed by atoms with van der Waals surface area (Å²) in [6, 6.07) is 20.3. The Balaban J connectivity index is 1.28. The van der Waals surface area contributed by atoms with Gasteiger partial charge in [-0.1, -0.05) is 61.5 Å². The number of nitrogens with zero attached hydrogens (tertiary/aromatic N) is 3. The molecule has 46 heavy (non-hydrogen) atoms. The van der Waals surface area contributed by atoms with Gasteiger partial charge in [-0.15, -0.1) is 0 Å². The van der Waals surface area contributed by atoms with Crippen molar-refractivity contribution in [2.75, 3.05) is 18.4 Å². The Bertz CT molecular complexity index is 1880. The summed E-state index contributed by atoms with van der Waals surface area (Å²) in [5.41, 5.74) is 7.55. The summed E-state index contributed by atoms with van der Waals surface area (Å²) < 4.78 is 1.76. The maximum atomic E-state index is 14.1. The molecule has 0 spiro atoms. The summed E-state index contributed by atoms with van der Waals surface area (Å²) in [6.07, 6.45) is 7.27. The van der Waals surface area contributed by atoms with Crippen LogP contribution in [0, 0.1) is 5.92 Å². The summed E-state index contributed by atoms with van der Waals surface area (Å²) in [6.45, 7) is 6.82. The van der Waals surface area contributed by atoms with Crippen LogP contribution in [0.4, 0.5) is 5.82 Å². The zero-order chi connectivity index (χ0) is 32.4. The molecule has 10 nitrogen and oxygen atoms in total. The van der Waals surface area contributed by atoms with Gasteiger partial charge in [0.1, 0.15) is 12.1 Å². The van der Waals surface area contributed by atoms with Crippen molar-refractivity contribution < 1.29 is 14.4 Å². The van der Waals surface area contributed by atoms with Gasteiger partial charge in [0.15, 0.2) is 5.82 Å². The van der Waals surface area contributed by atoms with Crippen molar-refractivity contribution in [3.63, 3.8) is 0 Å². The van der Waals surface area contributed by atoms with Crippen LogP contribution >= 0.6 is 0 Å². The number of fused-ring (bicyclic) bond motifs is 2. The van der Waals surface area contributed by atoms with Crippen LogP contribution in [0.1, 0.15) is 50.8 Å². The van der Waals surface area contributed by atoms with Crippen LogP contribution in [-0.2, 0) is 20.8 Å². The van der Waals surface area contributed by atoms with Crippen LogP contribution in [0.5, 0.6) is 0 Å². The number of carbonyl (C=O) groups excluding carboxylic acids is 3. The molecule has 3 amide bonds. The molecule has 238 valence electrons. The van der Waals surface area contributed by atoms with Gasteiger partial charge in [0.25, 0.3) is 0 Å². The molecule has 0 radical (unpaired) electrons. The number of nitrogens with two attached hydrogens (primary N) is 1. The van der Waals surface area contributed by atoms with Gasteiger partial charge < -0.3 is 30.8 Å². The van der Waals surface area contributed by atoms with E-state index in [0.717, 1.165) is 45.6 Å². The van der Waals surface area contributed by atoms with Crippen LogP contribution in [0.2, 0.25) is 0 Å². The van der Waals surface area contributed by atoms with E-state index < -0.39 is 29.4 Å². The SMILES string of the molecule is CC1CCN(C(=O)C(c2ccc3ccccc3c2)n2cnc(NC(=O)C(Cc3c[nH]c4ccccc34)NC(=O)C(C)(C)N)c2)CC1. The number of carbonyl (C=O) groups is 3. The number of H-pyrrole nitrogens is 1. The van der Waals surface area contributed by atoms with Gasteiger partial charge in [0.2, 0.25) is 17.7 Å². The van der Waals surface area contributed by atoms with Gasteiger partial charge >= 0.3 is 0 Å². The predicted octanol–water partition coefficient (Wildman–Crippen LogP) is 4.77. The topological polar surface area (TPSA) is 138 Å². The fourth-order valence-corrected chi connectivity index (χ4v) is 6.05. The molecule has 1 aliphatic rings. The molecule has 1 fully saturated rings. The molecule has 3 heterocycles. The number of hydrogen-bond donors (Lipinski definition) is 4. The van der Waals surface area contributed by atoms with Crippen molar-refractivity contribution in [3.05, 3.63) is 96.6 Å². The number of amides is 3. The van der Waals surface area contributed by atoms with Crippen LogP contribution in [0.15, 0.2) is 85.5 Å². The largest absolute Gasteiger partial charge is 0.361 e. The number of hydrogen-bond acceptors (Lipinski definition) is 5. The van der Waals surface area contributed by atoms with Gasteiger partial charge in [-0.25, -0.2) is 4.98 Å². The van der Waals surface area contributed by atoms with E-state index in [9.17, 15) is 14.4 Å². The van der Waals surface area contributed by atoms with Gasteiger partial charge in [-0.05, 0) is 66.6 Å². The Hall–Kier alpha value is -4.96. The molecule has 6 rings (SSSR count). The second kappa shape index (κ2) is 12.8. The van der Waals surface area contributed by atoms with Crippen LogP contribution in [0.25, 0.3) is 21.7 Å². The van der Waals surface area contributed by atoms with Crippen molar-refractivity contribution in [2.45, 2.75) is 57.7 Å². The fraction of sp³-hybridized carbons (Fsp3) is 0.333. The van der Waals surface area contributed by atoms with E-state index in [2.05, 4.69) is 27.5 Å². The minimum absolute atomic E-state index is 0.00730. The van der Waals surface area contributed by atoms with Crippen molar-refractivity contribution in [3.8, 4) is 0 Å². The fourth-order valence-electron chi connectivity index (χ4n) is 6.05. The monoisotopic (exact) mass is 619 g/mol. The molecular weight excluding hydrogens is 578 g/mol. The highest BCUT2D eigenvalue weighted by atomic mass is 16.2. The van der Waals surface area contributed by atoms with E-state index in [1.54, 1.807) is 30.9 Å². The molecule has 0 aliphatic carbocycles. The highest BCUT2D eigenvalue weighted by molar-refractivity contribution is 5.98. The molecule has 2 unspecified atom stereocenters. The Kier molecular flexibility index (Phi) is 8.64. The van der Waals surface area contributed by atoms with Crippen LogP contribution < -0.4 is 16.4 Å². The van der Waals surface area contributed by atoms with Gasteiger partial charge in [-0.3, -0.25) is 14.4 Å². The lowest BCUT2D eigenvalue weighted by Crippen LogP contribution is -2.55. The minimum Gasteiger partial charge on any atom is -0.361 e. The van der Waals surface area contributed by atoms with E-state index in [1.165, 1.54) is 0 Å². The number of para-hydroxylation sites is 1. The normalized spacial score (nSPS) is 15.5. The molecule has 1 saturated heterocycles. The van der Waals surface area contributed by atoms with E-state index >= 15 is 0 Å². The second-order valence-corrected chi connectivity index (χ2v) is 13.0. The quantitative estimate of drug-likeness (QED) is 0.188. The molecular formula is C36H41N7O3. The summed E-state index contributed by atoms with van der Waals surface area (Å²) >= 11 is 0. The number of piperidine rings is 1.